The maximum Gasteiger partial charge on any atom is 0.260 e. The fourth-order valence-electron chi connectivity index (χ4n) is 4.60. The van der Waals surface area contributed by atoms with Crippen LogP contribution in [-0.2, 0) is 12.8 Å². The molecule has 0 saturated heterocycles. The first-order valence-electron chi connectivity index (χ1n) is 11.0. The molecule has 0 amide bonds. The number of aryl methyl sites for hydroxylation is 3. The summed E-state index contributed by atoms with van der Waals surface area (Å²) in [6, 6.07) is 9.70. The molecule has 1 aliphatic carbocycles. The van der Waals surface area contributed by atoms with E-state index in [1.165, 1.54) is 28.6 Å². The van der Waals surface area contributed by atoms with E-state index in [2.05, 4.69) is 14.5 Å². The quantitative estimate of drug-likeness (QED) is 0.232. The molecular formula is C25H25N3O3S2. The number of nitrogens with one attached hydrogen (secondary N) is 1. The number of carbonyl (C=O) groups is 1. The number of thiophene rings is 1. The second kappa shape index (κ2) is 8.83. The van der Waals surface area contributed by atoms with Crippen LogP contribution in [0.2, 0.25) is 0 Å². The number of ketones is 1. The van der Waals surface area contributed by atoms with Crippen molar-refractivity contribution in [1.29, 1.82) is 0 Å². The van der Waals surface area contributed by atoms with Gasteiger partial charge in [0.1, 0.15) is 10.6 Å². The smallest absolute Gasteiger partial charge is 0.260 e. The van der Waals surface area contributed by atoms with Crippen LogP contribution >= 0.6 is 23.1 Å². The molecule has 1 N–H and O–H groups in total. The Labute approximate surface area is 200 Å². The topological polar surface area (TPSA) is 77.0 Å². The minimum Gasteiger partial charge on any atom is -0.497 e. The van der Waals surface area contributed by atoms with Gasteiger partial charge in [-0.15, -0.1) is 11.3 Å². The second-order valence-corrected chi connectivity index (χ2v) is 10.3. The molecule has 0 bridgehead atoms. The van der Waals surface area contributed by atoms with Crippen LogP contribution in [0.5, 0.6) is 5.75 Å². The third-order valence-electron chi connectivity index (χ3n) is 6.21. The molecule has 0 spiro atoms. The van der Waals surface area contributed by atoms with Crippen LogP contribution in [-0.4, -0.2) is 33.2 Å². The SMILES string of the molecule is COc1ccc(-n2c(C)cc(C(=O)CSc3nc4sc5c(c4c(=O)[nH]3)CCCC5)c2C)cc1. The predicted molar refractivity (Wildman–Crippen MR) is 134 cm³/mol. The summed E-state index contributed by atoms with van der Waals surface area (Å²) in [4.78, 5) is 35.5. The Balaban J connectivity index is 1.37. The van der Waals surface area contributed by atoms with Crippen molar-refractivity contribution in [2.24, 2.45) is 0 Å². The average molecular weight is 480 g/mol. The van der Waals surface area contributed by atoms with E-state index in [0.717, 1.165) is 52.3 Å². The number of carbonyl (C=O) groups excluding carboxylic acids is 1. The van der Waals surface area contributed by atoms with Crippen LogP contribution in [0.25, 0.3) is 15.9 Å². The van der Waals surface area contributed by atoms with Gasteiger partial charge in [-0.3, -0.25) is 9.59 Å². The van der Waals surface area contributed by atoms with E-state index in [9.17, 15) is 9.59 Å². The van der Waals surface area contributed by atoms with Gasteiger partial charge in [0.25, 0.3) is 5.56 Å². The first kappa shape index (κ1) is 22.0. The highest BCUT2D eigenvalue weighted by molar-refractivity contribution is 7.99. The monoisotopic (exact) mass is 479 g/mol. The fourth-order valence-corrected chi connectivity index (χ4v) is 6.66. The Hall–Kier alpha value is -2.84. The molecule has 0 saturated carbocycles. The van der Waals surface area contributed by atoms with Gasteiger partial charge in [0.05, 0.1) is 18.2 Å². The predicted octanol–water partition coefficient (Wildman–Crippen LogP) is 5.25. The van der Waals surface area contributed by atoms with E-state index in [1.54, 1.807) is 18.4 Å². The van der Waals surface area contributed by atoms with Crippen molar-refractivity contribution >= 4 is 39.1 Å². The fraction of sp³-hybridized carbons (Fsp3) is 0.320. The third-order valence-corrected chi connectivity index (χ3v) is 8.26. The van der Waals surface area contributed by atoms with Gasteiger partial charge < -0.3 is 14.3 Å². The molecule has 170 valence electrons. The van der Waals surface area contributed by atoms with Crippen LogP contribution < -0.4 is 10.3 Å². The molecule has 0 fully saturated rings. The van der Waals surface area contributed by atoms with Crippen molar-refractivity contribution in [3.63, 3.8) is 0 Å². The van der Waals surface area contributed by atoms with E-state index in [0.29, 0.717) is 10.7 Å². The van der Waals surface area contributed by atoms with Gasteiger partial charge in [0, 0.05) is 27.5 Å². The molecule has 0 aliphatic heterocycles. The number of ether oxygens (including phenoxy) is 1. The number of nitrogens with zero attached hydrogens (tertiary/aromatic N) is 2. The molecule has 1 aromatic carbocycles. The lowest BCUT2D eigenvalue weighted by Gasteiger charge is -2.10. The van der Waals surface area contributed by atoms with Crippen LogP contribution in [0.4, 0.5) is 0 Å². The van der Waals surface area contributed by atoms with E-state index >= 15 is 0 Å². The Kier molecular flexibility index (Phi) is 5.88. The summed E-state index contributed by atoms with van der Waals surface area (Å²) >= 11 is 2.91. The maximum atomic E-state index is 13.1. The van der Waals surface area contributed by atoms with Gasteiger partial charge in [-0.25, -0.2) is 4.98 Å². The summed E-state index contributed by atoms with van der Waals surface area (Å²) in [6.45, 7) is 3.95. The van der Waals surface area contributed by atoms with Gasteiger partial charge in [0.2, 0.25) is 0 Å². The number of hydrogen-bond donors (Lipinski definition) is 1. The lowest BCUT2D eigenvalue weighted by Crippen LogP contribution is -2.12. The summed E-state index contributed by atoms with van der Waals surface area (Å²) in [5.74, 6) is 1.02. The molecule has 4 aromatic rings. The molecule has 8 heteroatoms. The highest BCUT2D eigenvalue weighted by Gasteiger charge is 2.21. The van der Waals surface area contributed by atoms with Gasteiger partial charge in [0.15, 0.2) is 10.9 Å². The van der Waals surface area contributed by atoms with Gasteiger partial charge in [-0.05, 0) is 75.4 Å². The molecule has 6 nitrogen and oxygen atoms in total. The van der Waals surface area contributed by atoms with Crippen molar-refractivity contribution in [2.45, 2.75) is 44.7 Å². The number of fused-ring (bicyclic) bond motifs is 3. The van der Waals surface area contributed by atoms with Crippen molar-refractivity contribution in [3.05, 3.63) is 68.1 Å². The molecule has 3 aromatic heterocycles. The molecule has 5 rings (SSSR count). The number of rotatable bonds is 6. The van der Waals surface area contributed by atoms with Gasteiger partial charge in [-0.1, -0.05) is 11.8 Å². The molecule has 1 aliphatic rings. The summed E-state index contributed by atoms with van der Waals surface area (Å²) in [6.07, 6.45) is 4.27. The van der Waals surface area contributed by atoms with Gasteiger partial charge >= 0.3 is 0 Å². The molecule has 3 heterocycles. The zero-order chi connectivity index (χ0) is 23.1. The lowest BCUT2D eigenvalue weighted by molar-refractivity contribution is 0.102. The van der Waals surface area contributed by atoms with Crippen LogP contribution in [0.1, 0.15) is 45.0 Å². The van der Waals surface area contributed by atoms with E-state index < -0.39 is 0 Å². The number of H-pyrrole nitrogens is 1. The number of aromatic amines is 1. The van der Waals surface area contributed by atoms with E-state index in [-0.39, 0.29) is 17.1 Å². The van der Waals surface area contributed by atoms with E-state index in [4.69, 9.17) is 4.74 Å². The highest BCUT2D eigenvalue weighted by Crippen LogP contribution is 2.34. The zero-order valence-electron chi connectivity index (χ0n) is 18.9. The second-order valence-electron chi connectivity index (χ2n) is 8.29. The Bertz CT molecular complexity index is 1410. The molecule has 0 radical (unpaired) electrons. The number of thioether (sulfide) groups is 1. The van der Waals surface area contributed by atoms with Crippen molar-refractivity contribution < 1.29 is 9.53 Å². The molecular weight excluding hydrogens is 454 g/mol. The molecule has 0 atom stereocenters. The standard InChI is InChI=1S/C25H25N3O3S2/c1-14-12-19(15(2)28(14)16-8-10-17(31-3)11-9-16)20(29)13-32-25-26-23(30)22-18-6-4-5-7-21(18)33-24(22)27-25/h8-12H,4-7,13H2,1-3H3,(H,26,27,30). The summed E-state index contributed by atoms with van der Waals surface area (Å²) in [7, 11) is 1.64. The number of aromatic nitrogens is 3. The molecule has 33 heavy (non-hydrogen) atoms. The number of Topliss-reactive ketones (excluding diaryl/α,β-unsaturated/α-hetero) is 1. The number of hydrogen-bond acceptors (Lipinski definition) is 6. The summed E-state index contributed by atoms with van der Waals surface area (Å²) < 4.78 is 7.31. The average Bonchev–Trinajstić information content (AvgIpc) is 3.34. The number of benzene rings is 1. The van der Waals surface area contributed by atoms with E-state index in [1.807, 2.05) is 44.2 Å². The number of methoxy groups -OCH3 is 1. The van der Waals surface area contributed by atoms with Crippen LogP contribution in [0.15, 0.2) is 40.3 Å². The zero-order valence-corrected chi connectivity index (χ0v) is 20.5. The minimum atomic E-state index is -0.0907. The Morgan fingerprint density at radius 1 is 1.21 bits per heavy atom. The van der Waals surface area contributed by atoms with Crippen LogP contribution in [0, 0.1) is 13.8 Å². The Morgan fingerprint density at radius 2 is 1.97 bits per heavy atom. The van der Waals surface area contributed by atoms with Crippen molar-refractivity contribution in [2.75, 3.05) is 12.9 Å². The summed E-state index contributed by atoms with van der Waals surface area (Å²) in [5, 5.41) is 1.25. The normalized spacial score (nSPS) is 13.3. The maximum absolute atomic E-state index is 13.1. The Morgan fingerprint density at radius 3 is 2.73 bits per heavy atom. The van der Waals surface area contributed by atoms with Crippen molar-refractivity contribution in [3.8, 4) is 11.4 Å². The third kappa shape index (κ3) is 4.02. The highest BCUT2D eigenvalue weighted by atomic mass is 32.2. The largest absolute Gasteiger partial charge is 0.497 e. The molecule has 0 unspecified atom stereocenters. The van der Waals surface area contributed by atoms with Gasteiger partial charge in [-0.2, -0.15) is 0 Å². The van der Waals surface area contributed by atoms with Crippen LogP contribution in [0.3, 0.4) is 0 Å². The first-order valence-corrected chi connectivity index (χ1v) is 12.8. The summed E-state index contributed by atoms with van der Waals surface area (Å²) in [5.41, 5.74) is 4.64. The lowest BCUT2D eigenvalue weighted by atomic mass is 9.97. The minimum absolute atomic E-state index is 0.0149. The first-order chi connectivity index (χ1) is 16.0. The van der Waals surface area contributed by atoms with Crippen molar-refractivity contribution in [1.82, 2.24) is 14.5 Å².